The van der Waals surface area contributed by atoms with E-state index < -0.39 is 0 Å². The summed E-state index contributed by atoms with van der Waals surface area (Å²) in [5.74, 6) is 1.92. The van der Waals surface area contributed by atoms with Gasteiger partial charge in [0, 0.05) is 5.92 Å². The van der Waals surface area contributed by atoms with Gasteiger partial charge in [-0.3, -0.25) is 0 Å². The number of nitrogens with two attached hydrogens (primary N) is 1. The molecule has 2 aromatic rings. The smallest absolute Gasteiger partial charge is 0.231 e. The Morgan fingerprint density at radius 3 is 2.35 bits per heavy atom. The normalized spacial score (nSPS) is 14.8. The van der Waals surface area contributed by atoms with Crippen molar-refractivity contribution in [3.63, 3.8) is 0 Å². The van der Waals surface area contributed by atoms with Crippen LogP contribution >= 0.6 is 0 Å². The van der Waals surface area contributed by atoms with E-state index >= 15 is 0 Å². The van der Waals surface area contributed by atoms with Crippen LogP contribution in [0.2, 0.25) is 0 Å². The first-order chi connectivity index (χ1) is 11.0. The second-order valence-corrected chi connectivity index (χ2v) is 7.20. The zero-order valence-electron chi connectivity index (χ0n) is 14.1. The predicted molar refractivity (Wildman–Crippen MR) is 93.2 cm³/mol. The molecule has 2 N–H and O–H groups in total. The van der Waals surface area contributed by atoms with Crippen LogP contribution in [0.5, 0.6) is 11.5 Å². The van der Waals surface area contributed by atoms with Crippen LogP contribution in [0.4, 0.5) is 0 Å². The first-order valence-electron chi connectivity index (χ1n) is 8.16. The van der Waals surface area contributed by atoms with Crippen molar-refractivity contribution in [1.82, 2.24) is 0 Å². The van der Waals surface area contributed by atoms with E-state index in [9.17, 15) is 0 Å². The second-order valence-electron chi connectivity index (χ2n) is 7.20. The van der Waals surface area contributed by atoms with Crippen molar-refractivity contribution >= 4 is 0 Å². The van der Waals surface area contributed by atoms with Crippen LogP contribution in [-0.4, -0.2) is 13.3 Å². The lowest BCUT2D eigenvalue weighted by molar-refractivity contribution is 0.174. The molecule has 1 heterocycles. The van der Waals surface area contributed by atoms with E-state index in [2.05, 4.69) is 57.2 Å². The molecule has 0 bridgehead atoms. The van der Waals surface area contributed by atoms with Gasteiger partial charge in [-0.25, -0.2) is 0 Å². The van der Waals surface area contributed by atoms with Gasteiger partial charge in [-0.2, -0.15) is 0 Å². The van der Waals surface area contributed by atoms with Gasteiger partial charge in [0.1, 0.15) is 0 Å². The molecule has 23 heavy (non-hydrogen) atoms. The number of benzene rings is 2. The van der Waals surface area contributed by atoms with Crippen LogP contribution < -0.4 is 15.2 Å². The topological polar surface area (TPSA) is 44.5 Å². The first kappa shape index (κ1) is 15.9. The van der Waals surface area contributed by atoms with Gasteiger partial charge in [0.05, 0.1) is 0 Å². The highest BCUT2D eigenvalue weighted by atomic mass is 16.7. The van der Waals surface area contributed by atoms with Crippen molar-refractivity contribution in [2.45, 2.75) is 38.5 Å². The molecule has 0 fully saturated rings. The van der Waals surface area contributed by atoms with E-state index in [0.717, 1.165) is 17.9 Å². The minimum Gasteiger partial charge on any atom is -0.454 e. The standard InChI is InChI=1S/C20H25NO2/c1-20(2,3)17-7-4-14(5-8-17)10-16(12-21)15-6-9-18-19(11-15)23-13-22-18/h4-9,11,16H,10,12-13,21H2,1-3H3. The summed E-state index contributed by atoms with van der Waals surface area (Å²) < 4.78 is 10.9. The Labute approximate surface area is 138 Å². The third kappa shape index (κ3) is 3.50. The number of fused-ring (bicyclic) bond motifs is 1. The number of hydrogen-bond donors (Lipinski definition) is 1. The van der Waals surface area contributed by atoms with E-state index in [-0.39, 0.29) is 11.3 Å². The first-order valence-corrected chi connectivity index (χ1v) is 8.16. The maximum atomic E-state index is 6.02. The minimum absolute atomic E-state index is 0.184. The Kier molecular flexibility index (Phi) is 4.31. The zero-order valence-corrected chi connectivity index (χ0v) is 14.1. The quantitative estimate of drug-likeness (QED) is 0.928. The van der Waals surface area contributed by atoms with Gasteiger partial charge in [0.25, 0.3) is 0 Å². The summed E-state index contributed by atoms with van der Waals surface area (Å²) in [6.45, 7) is 7.62. The molecule has 0 radical (unpaired) electrons. The molecule has 1 unspecified atom stereocenters. The molecule has 3 heteroatoms. The predicted octanol–water partition coefficient (Wildman–Crippen LogP) is 4.00. The Hall–Kier alpha value is -2.00. The number of rotatable bonds is 4. The maximum Gasteiger partial charge on any atom is 0.231 e. The molecule has 0 spiro atoms. The highest BCUT2D eigenvalue weighted by molar-refractivity contribution is 5.45. The largest absolute Gasteiger partial charge is 0.454 e. The van der Waals surface area contributed by atoms with Crippen LogP contribution in [0.25, 0.3) is 0 Å². The summed E-state index contributed by atoms with van der Waals surface area (Å²) in [7, 11) is 0. The van der Waals surface area contributed by atoms with Crippen LogP contribution in [-0.2, 0) is 11.8 Å². The van der Waals surface area contributed by atoms with Crippen molar-refractivity contribution in [2.75, 3.05) is 13.3 Å². The van der Waals surface area contributed by atoms with Gasteiger partial charge >= 0.3 is 0 Å². The summed E-state index contributed by atoms with van der Waals surface area (Å²) in [5, 5.41) is 0. The summed E-state index contributed by atoms with van der Waals surface area (Å²) in [6, 6.07) is 15.0. The van der Waals surface area contributed by atoms with Crippen molar-refractivity contribution in [2.24, 2.45) is 5.73 Å². The summed E-state index contributed by atoms with van der Waals surface area (Å²) in [6.07, 6.45) is 0.931. The monoisotopic (exact) mass is 311 g/mol. The minimum atomic E-state index is 0.184. The van der Waals surface area contributed by atoms with E-state index in [4.69, 9.17) is 15.2 Å². The summed E-state index contributed by atoms with van der Waals surface area (Å²) >= 11 is 0. The molecule has 1 aliphatic rings. The van der Waals surface area contributed by atoms with E-state index in [1.807, 2.05) is 6.07 Å². The van der Waals surface area contributed by atoms with Crippen LogP contribution in [0.15, 0.2) is 42.5 Å². The number of hydrogen-bond acceptors (Lipinski definition) is 3. The SMILES string of the molecule is CC(C)(C)c1ccc(CC(CN)c2ccc3c(c2)OCO3)cc1. The van der Waals surface area contributed by atoms with Gasteiger partial charge in [-0.15, -0.1) is 0 Å². The lowest BCUT2D eigenvalue weighted by Gasteiger charge is -2.20. The number of ether oxygens (including phenoxy) is 2. The molecule has 0 aliphatic carbocycles. The molecule has 3 nitrogen and oxygen atoms in total. The lowest BCUT2D eigenvalue weighted by atomic mass is 9.85. The Balaban J connectivity index is 1.77. The molecular weight excluding hydrogens is 286 g/mol. The molecule has 3 rings (SSSR count). The summed E-state index contributed by atoms with van der Waals surface area (Å²) in [5.41, 5.74) is 10.1. The highest BCUT2D eigenvalue weighted by Crippen LogP contribution is 2.35. The average Bonchev–Trinajstić information content (AvgIpc) is 2.99. The van der Waals surface area contributed by atoms with Crippen LogP contribution in [0.3, 0.4) is 0 Å². The fraction of sp³-hybridized carbons (Fsp3) is 0.400. The molecule has 0 saturated heterocycles. The molecule has 0 aromatic heterocycles. The lowest BCUT2D eigenvalue weighted by Crippen LogP contribution is -2.15. The van der Waals surface area contributed by atoms with Gasteiger partial charge in [0.2, 0.25) is 6.79 Å². The van der Waals surface area contributed by atoms with Crippen LogP contribution in [0.1, 0.15) is 43.4 Å². The third-order valence-corrected chi connectivity index (χ3v) is 4.45. The molecular formula is C20H25NO2. The molecule has 0 amide bonds. The molecule has 0 saturated carbocycles. The molecule has 1 aliphatic heterocycles. The molecule has 122 valence electrons. The van der Waals surface area contributed by atoms with Crippen molar-refractivity contribution < 1.29 is 9.47 Å². The van der Waals surface area contributed by atoms with Crippen molar-refractivity contribution in [3.8, 4) is 11.5 Å². The van der Waals surface area contributed by atoms with Gasteiger partial charge < -0.3 is 15.2 Å². The van der Waals surface area contributed by atoms with Crippen molar-refractivity contribution in [1.29, 1.82) is 0 Å². The Bertz CT molecular complexity index is 671. The summed E-state index contributed by atoms with van der Waals surface area (Å²) in [4.78, 5) is 0. The Morgan fingerprint density at radius 1 is 1.00 bits per heavy atom. The average molecular weight is 311 g/mol. The van der Waals surface area contributed by atoms with Gasteiger partial charge in [0.15, 0.2) is 11.5 Å². The Morgan fingerprint density at radius 2 is 1.70 bits per heavy atom. The van der Waals surface area contributed by atoms with Gasteiger partial charge in [-0.1, -0.05) is 51.1 Å². The fourth-order valence-electron chi connectivity index (χ4n) is 2.93. The highest BCUT2D eigenvalue weighted by Gasteiger charge is 2.18. The zero-order chi connectivity index (χ0) is 16.4. The van der Waals surface area contributed by atoms with E-state index in [1.54, 1.807) is 0 Å². The van der Waals surface area contributed by atoms with Crippen LogP contribution in [0, 0.1) is 0 Å². The third-order valence-electron chi connectivity index (χ3n) is 4.45. The molecule has 2 aromatic carbocycles. The molecule has 1 atom stereocenters. The fourth-order valence-corrected chi connectivity index (χ4v) is 2.93. The second kappa shape index (κ2) is 6.25. The van der Waals surface area contributed by atoms with Gasteiger partial charge in [-0.05, 0) is 47.2 Å². The van der Waals surface area contributed by atoms with E-state index in [1.165, 1.54) is 16.7 Å². The van der Waals surface area contributed by atoms with Crippen molar-refractivity contribution in [3.05, 3.63) is 59.2 Å². The maximum absolute atomic E-state index is 6.02. The van der Waals surface area contributed by atoms with E-state index in [0.29, 0.717) is 13.3 Å².